The number of carbonyl (C=O) groups excluding carboxylic acids is 1. The maximum Gasteiger partial charge on any atom is 0.326 e. The van der Waals surface area contributed by atoms with E-state index in [1.165, 1.54) is 11.8 Å². The molecule has 0 saturated heterocycles. The Morgan fingerprint density at radius 3 is 3.00 bits per heavy atom. The topological polar surface area (TPSA) is 107 Å². The first-order chi connectivity index (χ1) is 10.1. The summed E-state index contributed by atoms with van der Waals surface area (Å²) in [6.07, 6.45) is 3.83. The normalized spacial score (nSPS) is 12.0. The highest BCUT2D eigenvalue weighted by atomic mass is 32.2. The first-order valence-electron chi connectivity index (χ1n) is 6.32. The molecule has 4 N–H and O–H groups in total. The second-order valence-electron chi connectivity index (χ2n) is 4.41. The molecule has 1 unspecified atom stereocenters. The van der Waals surface area contributed by atoms with E-state index in [0.29, 0.717) is 17.9 Å². The average Bonchev–Trinajstić information content (AvgIpc) is 2.90. The molecule has 1 heterocycles. The van der Waals surface area contributed by atoms with Gasteiger partial charge >= 0.3 is 12.0 Å². The van der Waals surface area contributed by atoms with Gasteiger partial charge < -0.3 is 20.7 Å². The zero-order valence-electron chi connectivity index (χ0n) is 11.4. The Morgan fingerprint density at radius 2 is 2.29 bits per heavy atom. The van der Waals surface area contributed by atoms with Crippen LogP contribution in [0.2, 0.25) is 0 Å². The molecule has 0 fully saturated rings. The van der Waals surface area contributed by atoms with Crippen LogP contribution in [-0.4, -0.2) is 45.1 Å². The van der Waals surface area contributed by atoms with Gasteiger partial charge in [0.2, 0.25) is 0 Å². The summed E-state index contributed by atoms with van der Waals surface area (Å²) < 4.78 is 0. The molecule has 1 aromatic carbocycles. The number of benzene rings is 1. The number of aromatic nitrogens is 2. The number of amides is 2. The predicted octanol–water partition coefficient (Wildman–Crippen LogP) is 1.89. The standard InChI is InChI=1S/C13H16N4O3S/c1-21-5-4-10(12(18)19)17-13(20)16-8-2-3-9-11(6-8)15-7-14-9/h2-3,6-7,10H,4-5H2,1H3,(H,14,15)(H,18,19)(H2,16,17,20). The molecule has 0 radical (unpaired) electrons. The Balaban J connectivity index is 1.97. The first-order valence-corrected chi connectivity index (χ1v) is 7.72. The van der Waals surface area contributed by atoms with E-state index in [9.17, 15) is 9.59 Å². The molecule has 0 aliphatic heterocycles. The van der Waals surface area contributed by atoms with Gasteiger partial charge in [-0.3, -0.25) is 0 Å². The van der Waals surface area contributed by atoms with Crippen molar-refractivity contribution in [3.05, 3.63) is 24.5 Å². The number of fused-ring (bicyclic) bond motifs is 1. The van der Waals surface area contributed by atoms with Gasteiger partial charge in [-0.05, 0) is 36.6 Å². The van der Waals surface area contributed by atoms with E-state index in [0.717, 1.165) is 11.0 Å². The number of hydrogen-bond acceptors (Lipinski definition) is 4. The van der Waals surface area contributed by atoms with Gasteiger partial charge in [0.1, 0.15) is 6.04 Å². The summed E-state index contributed by atoms with van der Waals surface area (Å²) in [5.74, 6) is -0.375. The van der Waals surface area contributed by atoms with E-state index < -0.39 is 18.0 Å². The summed E-state index contributed by atoms with van der Waals surface area (Å²) in [4.78, 5) is 29.9. The zero-order valence-corrected chi connectivity index (χ0v) is 12.2. The van der Waals surface area contributed by atoms with Crippen molar-refractivity contribution in [3.8, 4) is 0 Å². The molecule has 2 aromatic rings. The number of H-pyrrole nitrogens is 1. The molecule has 0 aliphatic carbocycles. The third-order valence-corrected chi connectivity index (χ3v) is 3.54. The van der Waals surface area contributed by atoms with Gasteiger partial charge in [0.25, 0.3) is 0 Å². The fraction of sp³-hybridized carbons (Fsp3) is 0.308. The van der Waals surface area contributed by atoms with Crippen LogP contribution in [0.3, 0.4) is 0 Å². The van der Waals surface area contributed by atoms with Crippen LogP contribution >= 0.6 is 11.8 Å². The maximum absolute atomic E-state index is 11.8. The minimum absolute atomic E-state index is 0.378. The largest absolute Gasteiger partial charge is 0.480 e. The third kappa shape index (κ3) is 4.12. The number of thioether (sulfide) groups is 1. The van der Waals surface area contributed by atoms with Crippen molar-refractivity contribution < 1.29 is 14.7 Å². The molecule has 2 rings (SSSR count). The summed E-state index contributed by atoms with van der Waals surface area (Å²) in [6, 6.07) is 3.78. The Kier molecular flexibility index (Phi) is 5.04. The van der Waals surface area contributed by atoms with Crippen LogP contribution in [0.1, 0.15) is 6.42 Å². The van der Waals surface area contributed by atoms with Gasteiger partial charge in [-0.2, -0.15) is 11.8 Å². The van der Waals surface area contributed by atoms with Crippen LogP contribution in [0.25, 0.3) is 11.0 Å². The number of nitrogens with one attached hydrogen (secondary N) is 3. The van der Waals surface area contributed by atoms with E-state index in [1.54, 1.807) is 24.5 Å². The second kappa shape index (κ2) is 6.98. The summed E-state index contributed by atoms with van der Waals surface area (Å²) in [5, 5.41) is 14.1. The molecular formula is C13H16N4O3S. The number of rotatable bonds is 6. The van der Waals surface area contributed by atoms with Crippen molar-refractivity contribution >= 4 is 40.5 Å². The van der Waals surface area contributed by atoms with Crippen molar-refractivity contribution in [2.45, 2.75) is 12.5 Å². The third-order valence-electron chi connectivity index (χ3n) is 2.89. The molecule has 112 valence electrons. The van der Waals surface area contributed by atoms with E-state index in [-0.39, 0.29) is 0 Å². The molecular weight excluding hydrogens is 292 g/mol. The molecule has 7 nitrogen and oxygen atoms in total. The number of carboxylic acids is 1. The van der Waals surface area contributed by atoms with Gasteiger partial charge in [-0.25, -0.2) is 14.6 Å². The van der Waals surface area contributed by atoms with E-state index in [1.807, 2.05) is 6.26 Å². The molecule has 21 heavy (non-hydrogen) atoms. The molecule has 1 atom stereocenters. The summed E-state index contributed by atoms with van der Waals surface area (Å²) in [7, 11) is 0. The lowest BCUT2D eigenvalue weighted by atomic mass is 10.2. The van der Waals surface area contributed by atoms with E-state index in [4.69, 9.17) is 5.11 Å². The first kappa shape index (κ1) is 15.2. The van der Waals surface area contributed by atoms with Crippen LogP contribution in [0.15, 0.2) is 24.5 Å². The zero-order chi connectivity index (χ0) is 15.2. The minimum atomic E-state index is -1.04. The SMILES string of the molecule is CSCCC(NC(=O)Nc1ccc2nc[nH]c2c1)C(=O)O. The quantitative estimate of drug-likeness (QED) is 0.652. The van der Waals surface area contributed by atoms with Gasteiger partial charge in [0.15, 0.2) is 0 Å². The molecule has 0 bridgehead atoms. The number of hydrogen-bond donors (Lipinski definition) is 4. The van der Waals surface area contributed by atoms with Gasteiger partial charge in [0, 0.05) is 5.69 Å². The van der Waals surface area contributed by atoms with Crippen LogP contribution in [0.5, 0.6) is 0 Å². The molecule has 2 amide bonds. The monoisotopic (exact) mass is 308 g/mol. The second-order valence-corrected chi connectivity index (χ2v) is 5.39. The number of urea groups is 1. The summed E-state index contributed by atoms with van der Waals surface area (Å²) in [5.41, 5.74) is 2.16. The van der Waals surface area contributed by atoms with Crippen molar-refractivity contribution in [2.24, 2.45) is 0 Å². The summed E-state index contributed by atoms with van der Waals surface area (Å²) >= 11 is 1.53. The molecule has 0 saturated carbocycles. The Bertz CT molecular complexity index is 643. The molecule has 0 spiro atoms. The lowest BCUT2D eigenvalue weighted by Crippen LogP contribution is -2.43. The number of nitrogens with zero attached hydrogens (tertiary/aromatic N) is 1. The fourth-order valence-corrected chi connectivity index (χ4v) is 2.30. The number of anilines is 1. The predicted molar refractivity (Wildman–Crippen MR) is 82.7 cm³/mol. The average molecular weight is 308 g/mol. The van der Waals surface area contributed by atoms with Crippen molar-refractivity contribution in [3.63, 3.8) is 0 Å². The fourth-order valence-electron chi connectivity index (χ4n) is 1.83. The van der Waals surface area contributed by atoms with E-state index >= 15 is 0 Å². The van der Waals surface area contributed by atoms with Gasteiger partial charge in [-0.15, -0.1) is 0 Å². The Morgan fingerprint density at radius 1 is 1.48 bits per heavy atom. The van der Waals surface area contributed by atoms with Crippen LogP contribution in [0, 0.1) is 0 Å². The smallest absolute Gasteiger partial charge is 0.326 e. The lowest BCUT2D eigenvalue weighted by molar-refractivity contribution is -0.139. The van der Waals surface area contributed by atoms with Crippen LogP contribution < -0.4 is 10.6 Å². The van der Waals surface area contributed by atoms with Crippen molar-refractivity contribution in [2.75, 3.05) is 17.3 Å². The van der Waals surface area contributed by atoms with Gasteiger partial charge in [-0.1, -0.05) is 0 Å². The van der Waals surface area contributed by atoms with Crippen LogP contribution in [0.4, 0.5) is 10.5 Å². The number of carboxylic acid groups (broad SMARTS) is 1. The molecule has 1 aromatic heterocycles. The maximum atomic E-state index is 11.8. The number of aromatic amines is 1. The summed E-state index contributed by atoms with van der Waals surface area (Å²) in [6.45, 7) is 0. The van der Waals surface area contributed by atoms with Crippen LogP contribution in [-0.2, 0) is 4.79 Å². The van der Waals surface area contributed by atoms with Crippen molar-refractivity contribution in [1.29, 1.82) is 0 Å². The number of aliphatic carboxylic acids is 1. The minimum Gasteiger partial charge on any atom is -0.480 e. The van der Waals surface area contributed by atoms with Crippen molar-refractivity contribution in [1.82, 2.24) is 15.3 Å². The highest BCUT2D eigenvalue weighted by Crippen LogP contribution is 2.15. The lowest BCUT2D eigenvalue weighted by Gasteiger charge is -2.14. The van der Waals surface area contributed by atoms with E-state index in [2.05, 4.69) is 20.6 Å². The molecule has 8 heteroatoms. The Hall–Kier alpha value is -2.22. The number of imidazole rings is 1. The molecule has 0 aliphatic rings. The number of carbonyl (C=O) groups is 2. The highest BCUT2D eigenvalue weighted by Gasteiger charge is 2.19. The Labute approximate surface area is 125 Å². The van der Waals surface area contributed by atoms with Gasteiger partial charge in [0.05, 0.1) is 17.4 Å². The highest BCUT2D eigenvalue weighted by molar-refractivity contribution is 7.98.